The SMILES string of the molecule is [N-]=[N+]=NC(C(=O)N[C@H]1CN(S(=O)(=O)O)C1=O)c1ccccc1. The maximum absolute atomic E-state index is 12.1. The summed E-state index contributed by atoms with van der Waals surface area (Å²) in [4.78, 5) is 26.2. The second-order valence-corrected chi connectivity index (χ2v) is 5.76. The fourth-order valence-electron chi connectivity index (χ4n) is 1.92. The third-order valence-corrected chi connectivity index (χ3v) is 3.90. The van der Waals surface area contributed by atoms with Gasteiger partial charge in [0.25, 0.3) is 5.91 Å². The van der Waals surface area contributed by atoms with Crippen LogP contribution in [0.4, 0.5) is 0 Å². The van der Waals surface area contributed by atoms with Gasteiger partial charge in [0.2, 0.25) is 5.91 Å². The van der Waals surface area contributed by atoms with Crippen LogP contribution in [0, 0.1) is 0 Å². The molecule has 2 atom stereocenters. The van der Waals surface area contributed by atoms with Crippen molar-refractivity contribution in [3.05, 3.63) is 46.3 Å². The van der Waals surface area contributed by atoms with Gasteiger partial charge in [0, 0.05) is 4.91 Å². The van der Waals surface area contributed by atoms with Crippen LogP contribution in [-0.2, 0) is 19.9 Å². The molecule has 10 nitrogen and oxygen atoms in total. The van der Waals surface area contributed by atoms with Crippen molar-refractivity contribution in [1.29, 1.82) is 0 Å². The number of hydrogen-bond acceptors (Lipinski definition) is 5. The molecule has 0 aliphatic carbocycles. The fraction of sp³-hybridized carbons (Fsp3) is 0.273. The second-order valence-electron chi connectivity index (χ2n) is 4.43. The molecule has 0 aromatic heterocycles. The van der Waals surface area contributed by atoms with Crippen molar-refractivity contribution >= 4 is 22.1 Å². The van der Waals surface area contributed by atoms with Crippen LogP contribution in [0.1, 0.15) is 11.6 Å². The van der Waals surface area contributed by atoms with E-state index in [-0.39, 0.29) is 10.8 Å². The van der Waals surface area contributed by atoms with Crippen LogP contribution >= 0.6 is 0 Å². The standard InChI is InChI=1S/C11H11N5O5S/c12-15-14-9(7-4-2-1-3-5-7)10(17)13-8-6-16(11(8)18)22(19,20)21/h1-5,8-9H,6H2,(H,13,17)(H,19,20,21)/t8-,9?/m0/s1. The van der Waals surface area contributed by atoms with Gasteiger partial charge in [0.1, 0.15) is 12.1 Å². The minimum atomic E-state index is -4.62. The van der Waals surface area contributed by atoms with E-state index in [9.17, 15) is 18.0 Å². The first-order valence-electron chi connectivity index (χ1n) is 6.03. The zero-order valence-corrected chi connectivity index (χ0v) is 11.8. The highest BCUT2D eigenvalue weighted by Gasteiger charge is 2.44. The molecule has 1 fully saturated rings. The Morgan fingerprint density at radius 2 is 2.09 bits per heavy atom. The number of nitrogens with zero attached hydrogens (tertiary/aromatic N) is 4. The van der Waals surface area contributed by atoms with Crippen LogP contribution in [0.3, 0.4) is 0 Å². The van der Waals surface area contributed by atoms with E-state index >= 15 is 0 Å². The Labute approximate surface area is 125 Å². The highest BCUT2D eigenvalue weighted by atomic mass is 32.2. The minimum Gasteiger partial charge on any atom is -0.342 e. The van der Waals surface area contributed by atoms with Crippen LogP contribution < -0.4 is 5.32 Å². The molecule has 0 spiro atoms. The molecule has 116 valence electrons. The van der Waals surface area contributed by atoms with Gasteiger partial charge in [-0.15, -0.1) is 0 Å². The predicted molar refractivity (Wildman–Crippen MR) is 73.5 cm³/mol. The maximum atomic E-state index is 12.1. The number of benzene rings is 1. The van der Waals surface area contributed by atoms with E-state index in [2.05, 4.69) is 15.3 Å². The Balaban J connectivity index is 2.08. The van der Waals surface area contributed by atoms with E-state index in [1.807, 2.05) is 0 Å². The van der Waals surface area contributed by atoms with Crippen molar-refractivity contribution in [1.82, 2.24) is 9.62 Å². The van der Waals surface area contributed by atoms with Crippen LogP contribution in [-0.4, -0.2) is 41.7 Å². The summed E-state index contributed by atoms with van der Waals surface area (Å²) in [5, 5.41) is 5.66. The summed E-state index contributed by atoms with van der Waals surface area (Å²) in [5.74, 6) is -1.69. The Hall–Kier alpha value is -2.62. The van der Waals surface area contributed by atoms with Gasteiger partial charge >= 0.3 is 10.3 Å². The van der Waals surface area contributed by atoms with Crippen molar-refractivity contribution in [3.8, 4) is 0 Å². The molecule has 2 amide bonds. The number of hydrogen-bond donors (Lipinski definition) is 2. The highest BCUT2D eigenvalue weighted by Crippen LogP contribution is 2.20. The number of carbonyl (C=O) groups excluding carboxylic acids is 2. The van der Waals surface area contributed by atoms with Gasteiger partial charge in [-0.05, 0) is 11.1 Å². The number of azide groups is 1. The molecule has 2 N–H and O–H groups in total. The average molecular weight is 325 g/mol. The summed E-state index contributed by atoms with van der Waals surface area (Å²) >= 11 is 0. The van der Waals surface area contributed by atoms with Gasteiger partial charge in [0.15, 0.2) is 0 Å². The molecular formula is C11H11N5O5S. The first kappa shape index (κ1) is 15.8. The Kier molecular flexibility index (Phi) is 4.31. The monoisotopic (exact) mass is 325 g/mol. The Bertz CT molecular complexity index is 743. The molecule has 0 bridgehead atoms. The van der Waals surface area contributed by atoms with Crippen LogP contribution in [0.15, 0.2) is 35.4 Å². The van der Waals surface area contributed by atoms with E-state index in [4.69, 9.17) is 10.1 Å². The lowest BCUT2D eigenvalue weighted by atomic mass is 10.1. The summed E-state index contributed by atoms with van der Waals surface area (Å²) in [7, 11) is -4.62. The molecule has 1 saturated heterocycles. The Morgan fingerprint density at radius 1 is 1.45 bits per heavy atom. The molecule has 1 aromatic rings. The van der Waals surface area contributed by atoms with Crippen molar-refractivity contribution in [2.45, 2.75) is 12.1 Å². The molecular weight excluding hydrogens is 314 g/mol. The molecule has 1 aliphatic rings. The van der Waals surface area contributed by atoms with Gasteiger partial charge in [-0.3, -0.25) is 14.1 Å². The molecule has 1 unspecified atom stereocenters. The maximum Gasteiger partial charge on any atom is 0.362 e. The Morgan fingerprint density at radius 3 is 2.59 bits per heavy atom. The smallest absolute Gasteiger partial charge is 0.342 e. The molecule has 2 rings (SSSR count). The van der Waals surface area contributed by atoms with Crippen LogP contribution in [0.2, 0.25) is 0 Å². The van der Waals surface area contributed by atoms with Crippen molar-refractivity contribution in [2.75, 3.05) is 6.54 Å². The van der Waals surface area contributed by atoms with Gasteiger partial charge < -0.3 is 5.32 Å². The van der Waals surface area contributed by atoms with Gasteiger partial charge in [-0.2, -0.15) is 8.42 Å². The zero-order valence-electron chi connectivity index (χ0n) is 11.0. The van der Waals surface area contributed by atoms with Crippen LogP contribution in [0.5, 0.6) is 0 Å². The molecule has 11 heteroatoms. The quantitative estimate of drug-likeness (QED) is 0.260. The largest absolute Gasteiger partial charge is 0.362 e. The number of rotatable bonds is 5. The van der Waals surface area contributed by atoms with Gasteiger partial charge in [-0.1, -0.05) is 35.4 Å². The van der Waals surface area contributed by atoms with E-state index in [0.29, 0.717) is 5.56 Å². The normalized spacial score (nSPS) is 18.9. The number of nitrogens with one attached hydrogen (secondary N) is 1. The molecule has 1 heterocycles. The number of carbonyl (C=O) groups is 2. The number of β-lactam (4-membered cyclic amide) rings is 1. The fourth-order valence-corrected chi connectivity index (χ4v) is 2.61. The summed E-state index contributed by atoms with van der Waals surface area (Å²) in [6.07, 6.45) is 0. The summed E-state index contributed by atoms with van der Waals surface area (Å²) in [6.45, 7) is -0.374. The highest BCUT2D eigenvalue weighted by molar-refractivity contribution is 7.84. The topological polar surface area (TPSA) is 153 Å². The van der Waals surface area contributed by atoms with Gasteiger partial charge in [0.05, 0.1) is 6.54 Å². The van der Waals surface area contributed by atoms with Crippen molar-refractivity contribution in [2.24, 2.45) is 5.11 Å². The van der Waals surface area contributed by atoms with Crippen molar-refractivity contribution < 1.29 is 22.6 Å². The lowest BCUT2D eigenvalue weighted by Crippen LogP contribution is -2.65. The minimum absolute atomic E-state index is 0.225. The summed E-state index contributed by atoms with van der Waals surface area (Å²) in [6, 6.07) is 5.90. The van der Waals surface area contributed by atoms with E-state index in [1.54, 1.807) is 30.3 Å². The van der Waals surface area contributed by atoms with E-state index in [0.717, 1.165) is 0 Å². The van der Waals surface area contributed by atoms with E-state index in [1.165, 1.54) is 0 Å². The zero-order chi connectivity index (χ0) is 16.3. The first-order valence-corrected chi connectivity index (χ1v) is 7.43. The van der Waals surface area contributed by atoms with Crippen molar-refractivity contribution in [3.63, 3.8) is 0 Å². The molecule has 1 aliphatic heterocycles. The molecule has 1 aromatic carbocycles. The predicted octanol–water partition coefficient (Wildman–Crippen LogP) is 0.168. The lowest BCUT2D eigenvalue weighted by molar-refractivity contribution is -0.140. The summed E-state index contributed by atoms with van der Waals surface area (Å²) in [5.41, 5.74) is 8.97. The molecule has 22 heavy (non-hydrogen) atoms. The summed E-state index contributed by atoms with van der Waals surface area (Å²) < 4.78 is 30.5. The molecule has 0 radical (unpaired) electrons. The second kappa shape index (κ2) is 6.02. The number of amides is 2. The average Bonchev–Trinajstić information content (AvgIpc) is 2.47. The first-order chi connectivity index (χ1) is 10.3. The third kappa shape index (κ3) is 3.17. The van der Waals surface area contributed by atoms with E-state index < -0.39 is 34.2 Å². The third-order valence-electron chi connectivity index (χ3n) is 3.02. The lowest BCUT2D eigenvalue weighted by Gasteiger charge is -2.35. The van der Waals surface area contributed by atoms with Gasteiger partial charge in [-0.25, -0.2) is 4.31 Å². The molecule has 0 saturated carbocycles. The van der Waals surface area contributed by atoms with Crippen LogP contribution in [0.25, 0.3) is 10.4 Å².